The van der Waals surface area contributed by atoms with Gasteiger partial charge in [-0.25, -0.2) is 22.5 Å². The summed E-state index contributed by atoms with van der Waals surface area (Å²) in [5, 5.41) is 3.86. The molecule has 1 fully saturated rings. The van der Waals surface area contributed by atoms with Gasteiger partial charge in [0, 0.05) is 16.9 Å². The lowest BCUT2D eigenvalue weighted by atomic mass is 9.95. The zero-order chi connectivity index (χ0) is 14.4. The van der Waals surface area contributed by atoms with Crippen LogP contribution in [0.3, 0.4) is 0 Å². The van der Waals surface area contributed by atoms with Crippen molar-refractivity contribution < 1.29 is 17.5 Å². The van der Waals surface area contributed by atoms with E-state index in [2.05, 4.69) is 10.1 Å². The van der Waals surface area contributed by atoms with E-state index >= 15 is 0 Å². The van der Waals surface area contributed by atoms with E-state index in [9.17, 15) is 12.8 Å². The van der Waals surface area contributed by atoms with Gasteiger partial charge >= 0.3 is 0 Å². The Morgan fingerprint density at radius 2 is 2.20 bits per heavy atom. The Morgan fingerprint density at radius 3 is 2.75 bits per heavy atom. The standard InChI is InChI=1S/C11H9ClFN3O3S/c12-20(17,18)9-4-15-16(5-9)10-3-8(1-2-14-10)11(13)6-19-7-11/h1-5H,6-7H2. The summed E-state index contributed by atoms with van der Waals surface area (Å²) in [5.41, 5.74) is -1.11. The summed E-state index contributed by atoms with van der Waals surface area (Å²) in [5.74, 6) is 0.304. The molecule has 0 spiro atoms. The van der Waals surface area contributed by atoms with E-state index in [0.717, 1.165) is 6.20 Å². The van der Waals surface area contributed by atoms with Crippen LogP contribution in [0, 0.1) is 0 Å². The van der Waals surface area contributed by atoms with E-state index in [1.807, 2.05) is 0 Å². The van der Waals surface area contributed by atoms with Gasteiger partial charge in [-0.1, -0.05) is 0 Å². The number of halogens is 2. The molecule has 0 N–H and O–H groups in total. The van der Waals surface area contributed by atoms with E-state index in [1.54, 1.807) is 6.07 Å². The van der Waals surface area contributed by atoms with E-state index in [1.165, 1.54) is 23.1 Å². The van der Waals surface area contributed by atoms with Crippen molar-refractivity contribution in [3.05, 3.63) is 36.3 Å². The number of hydrogen-bond donors (Lipinski definition) is 0. The average Bonchev–Trinajstić information content (AvgIpc) is 2.85. The van der Waals surface area contributed by atoms with Gasteiger partial charge in [0.2, 0.25) is 0 Å². The SMILES string of the molecule is O=S(=O)(Cl)c1cnn(-c2cc(C3(F)COC3)ccn2)c1. The van der Waals surface area contributed by atoms with Gasteiger partial charge in [0.15, 0.2) is 11.5 Å². The molecule has 0 unspecified atom stereocenters. The molecular formula is C11H9ClFN3O3S. The molecule has 3 rings (SSSR count). The minimum atomic E-state index is -3.85. The normalized spacial score (nSPS) is 17.7. The van der Waals surface area contributed by atoms with Crippen molar-refractivity contribution in [3.63, 3.8) is 0 Å². The van der Waals surface area contributed by atoms with Crippen LogP contribution in [0.2, 0.25) is 0 Å². The Hall–Kier alpha value is -1.51. The summed E-state index contributed by atoms with van der Waals surface area (Å²) in [6.45, 7) is -0.00621. The number of aromatic nitrogens is 3. The van der Waals surface area contributed by atoms with E-state index in [4.69, 9.17) is 15.4 Å². The van der Waals surface area contributed by atoms with Crippen molar-refractivity contribution in [2.24, 2.45) is 0 Å². The van der Waals surface area contributed by atoms with Crippen LogP contribution in [-0.4, -0.2) is 36.4 Å². The monoisotopic (exact) mass is 317 g/mol. The first-order valence-electron chi connectivity index (χ1n) is 5.61. The number of ether oxygens (including phenoxy) is 1. The number of nitrogens with zero attached hydrogens (tertiary/aromatic N) is 3. The first kappa shape index (κ1) is 13.5. The molecule has 2 aromatic rings. The molecule has 2 aromatic heterocycles. The van der Waals surface area contributed by atoms with Crippen molar-refractivity contribution in [2.45, 2.75) is 10.6 Å². The van der Waals surface area contributed by atoms with Gasteiger partial charge < -0.3 is 4.74 Å². The van der Waals surface area contributed by atoms with Crippen LogP contribution in [0.4, 0.5) is 4.39 Å². The molecule has 0 aromatic carbocycles. The predicted octanol–water partition coefficient (Wildman–Crippen LogP) is 1.39. The second-order valence-electron chi connectivity index (χ2n) is 4.42. The van der Waals surface area contributed by atoms with Gasteiger partial charge in [-0.15, -0.1) is 0 Å². The third-order valence-electron chi connectivity index (χ3n) is 3.00. The topological polar surface area (TPSA) is 74.1 Å². The fraction of sp³-hybridized carbons (Fsp3) is 0.273. The Morgan fingerprint density at radius 1 is 1.45 bits per heavy atom. The van der Waals surface area contributed by atoms with Crippen molar-refractivity contribution in [1.29, 1.82) is 0 Å². The maximum atomic E-state index is 14.2. The van der Waals surface area contributed by atoms with Crippen molar-refractivity contribution >= 4 is 19.7 Å². The van der Waals surface area contributed by atoms with Crippen LogP contribution < -0.4 is 0 Å². The van der Waals surface area contributed by atoms with E-state index < -0.39 is 14.7 Å². The summed E-state index contributed by atoms with van der Waals surface area (Å²) >= 11 is 0. The molecule has 20 heavy (non-hydrogen) atoms. The fourth-order valence-electron chi connectivity index (χ4n) is 1.83. The van der Waals surface area contributed by atoms with Crippen molar-refractivity contribution in [2.75, 3.05) is 13.2 Å². The summed E-state index contributed by atoms with van der Waals surface area (Å²) in [6, 6.07) is 3.05. The summed E-state index contributed by atoms with van der Waals surface area (Å²) in [7, 11) is 1.36. The summed E-state index contributed by atoms with van der Waals surface area (Å²) in [6.07, 6.45) is 3.76. The molecule has 0 saturated carbocycles. The van der Waals surface area contributed by atoms with Crippen molar-refractivity contribution in [3.8, 4) is 5.82 Å². The predicted molar refractivity (Wildman–Crippen MR) is 68.0 cm³/mol. The highest BCUT2D eigenvalue weighted by molar-refractivity contribution is 8.13. The molecule has 106 valence electrons. The van der Waals surface area contributed by atoms with Gasteiger partial charge in [0.25, 0.3) is 9.05 Å². The minimum absolute atomic E-state index is 0.00311. The van der Waals surface area contributed by atoms with Crippen LogP contribution in [-0.2, 0) is 19.5 Å². The minimum Gasteiger partial charge on any atom is -0.374 e. The second kappa shape index (κ2) is 4.51. The van der Waals surface area contributed by atoms with E-state index in [-0.39, 0.29) is 18.1 Å². The van der Waals surface area contributed by atoms with E-state index in [0.29, 0.717) is 11.4 Å². The van der Waals surface area contributed by atoms with Gasteiger partial charge in [-0.3, -0.25) is 0 Å². The molecule has 0 atom stereocenters. The lowest BCUT2D eigenvalue weighted by Crippen LogP contribution is -2.42. The second-order valence-corrected chi connectivity index (χ2v) is 6.99. The summed E-state index contributed by atoms with van der Waals surface area (Å²) < 4.78 is 42.7. The fourth-order valence-corrected chi connectivity index (χ4v) is 2.47. The number of pyridine rings is 1. The Kier molecular flexibility index (Phi) is 3.03. The first-order valence-corrected chi connectivity index (χ1v) is 7.92. The van der Waals surface area contributed by atoms with Crippen LogP contribution >= 0.6 is 10.7 Å². The number of alkyl halides is 1. The molecule has 3 heterocycles. The number of rotatable bonds is 3. The maximum absolute atomic E-state index is 14.2. The third-order valence-corrected chi connectivity index (χ3v) is 4.31. The average molecular weight is 318 g/mol. The number of hydrogen-bond acceptors (Lipinski definition) is 5. The molecular weight excluding hydrogens is 309 g/mol. The van der Waals surface area contributed by atoms with Crippen LogP contribution in [0.15, 0.2) is 35.6 Å². The molecule has 9 heteroatoms. The first-order chi connectivity index (χ1) is 9.38. The van der Waals surface area contributed by atoms with Gasteiger partial charge in [-0.05, 0) is 17.7 Å². The third kappa shape index (κ3) is 2.30. The maximum Gasteiger partial charge on any atom is 0.264 e. The highest BCUT2D eigenvalue weighted by Gasteiger charge is 2.40. The molecule has 1 aliphatic heterocycles. The summed E-state index contributed by atoms with van der Waals surface area (Å²) in [4.78, 5) is 3.89. The molecule has 0 bridgehead atoms. The zero-order valence-electron chi connectivity index (χ0n) is 10.0. The quantitative estimate of drug-likeness (QED) is 0.800. The Balaban J connectivity index is 1.99. The van der Waals surface area contributed by atoms with Crippen LogP contribution in [0.1, 0.15) is 5.56 Å². The molecule has 1 aliphatic rings. The Labute approximate surface area is 118 Å². The van der Waals surface area contributed by atoms with Gasteiger partial charge in [0.05, 0.1) is 25.6 Å². The van der Waals surface area contributed by atoms with Crippen LogP contribution in [0.25, 0.3) is 5.82 Å². The Bertz CT molecular complexity index is 758. The smallest absolute Gasteiger partial charge is 0.264 e. The zero-order valence-corrected chi connectivity index (χ0v) is 11.6. The molecule has 0 radical (unpaired) electrons. The largest absolute Gasteiger partial charge is 0.374 e. The highest BCUT2D eigenvalue weighted by atomic mass is 35.7. The van der Waals surface area contributed by atoms with Gasteiger partial charge in [0.1, 0.15) is 4.90 Å². The molecule has 1 saturated heterocycles. The lowest BCUT2D eigenvalue weighted by molar-refractivity contribution is -0.135. The molecule has 6 nitrogen and oxygen atoms in total. The molecule has 0 aliphatic carbocycles. The van der Waals surface area contributed by atoms with Crippen molar-refractivity contribution in [1.82, 2.24) is 14.8 Å². The molecule has 0 amide bonds. The van der Waals surface area contributed by atoms with Crippen LogP contribution in [0.5, 0.6) is 0 Å². The van der Waals surface area contributed by atoms with Gasteiger partial charge in [-0.2, -0.15) is 5.10 Å². The lowest BCUT2D eigenvalue weighted by Gasteiger charge is -2.34. The highest BCUT2D eigenvalue weighted by Crippen LogP contribution is 2.34.